The van der Waals surface area contributed by atoms with Gasteiger partial charge in [-0.05, 0) is 37.6 Å². The molecule has 0 bridgehead atoms. The van der Waals surface area contributed by atoms with Crippen molar-refractivity contribution in [1.82, 2.24) is 10.2 Å². The van der Waals surface area contributed by atoms with Gasteiger partial charge in [0, 0.05) is 31.5 Å². The van der Waals surface area contributed by atoms with E-state index in [-0.39, 0.29) is 5.41 Å². The standard InChI is InChI=1S/C15H28N2O/c1-14(2,3)10-13(18)17-9-5-7-15(12-17)6-4-8-16-11-15/h16H,4-12H2,1-3H3. The monoisotopic (exact) mass is 252 g/mol. The largest absolute Gasteiger partial charge is 0.342 e. The summed E-state index contributed by atoms with van der Waals surface area (Å²) in [4.78, 5) is 14.5. The fourth-order valence-electron chi connectivity index (χ4n) is 3.36. The van der Waals surface area contributed by atoms with E-state index >= 15 is 0 Å². The first-order chi connectivity index (χ1) is 8.40. The summed E-state index contributed by atoms with van der Waals surface area (Å²) in [5, 5.41) is 3.52. The number of hydrogen-bond acceptors (Lipinski definition) is 2. The number of carbonyl (C=O) groups is 1. The maximum atomic E-state index is 12.3. The Labute approximate surface area is 111 Å². The molecule has 0 saturated carbocycles. The predicted octanol–water partition coefficient (Wildman–Crippen LogP) is 2.41. The Bertz CT molecular complexity index is 295. The van der Waals surface area contributed by atoms with E-state index in [2.05, 4.69) is 31.0 Å². The van der Waals surface area contributed by atoms with Gasteiger partial charge in [-0.15, -0.1) is 0 Å². The van der Waals surface area contributed by atoms with E-state index in [1.165, 1.54) is 25.7 Å². The second-order valence-electron chi connectivity index (χ2n) is 7.44. The second-order valence-corrected chi connectivity index (χ2v) is 7.44. The first kappa shape index (κ1) is 13.9. The van der Waals surface area contributed by atoms with Gasteiger partial charge in [0.15, 0.2) is 0 Å². The van der Waals surface area contributed by atoms with Crippen LogP contribution in [0.2, 0.25) is 0 Å². The summed E-state index contributed by atoms with van der Waals surface area (Å²) in [6.45, 7) is 10.6. The Balaban J connectivity index is 1.95. The third-order valence-electron chi connectivity index (χ3n) is 4.26. The first-order valence-corrected chi connectivity index (χ1v) is 7.39. The van der Waals surface area contributed by atoms with Crippen LogP contribution in [-0.2, 0) is 4.79 Å². The van der Waals surface area contributed by atoms with Crippen molar-refractivity contribution in [3.05, 3.63) is 0 Å². The maximum Gasteiger partial charge on any atom is 0.223 e. The van der Waals surface area contributed by atoms with Crippen molar-refractivity contribution in [2.24, 2.45) is 10.8 Å². The Hall–Kier alpha value is -0.570. The number of likely N-dealkylation sites (tertiary alicyclic amines) is 1. The summed E-state index contributed by atoms with van der Waals surface area (Å²) in [5.41, 5.74) is 0.483. The molecule has 1 N–H and O–H groups in total. The highest BCUT2D eigenvalue weighted by atomic mass is 16.2. The zero-order valence-corrected chi connectivity index (χ0v) is 12.2. The van der Waals surface area contributed by atoms with Crippen molar-refractivity contribution in [2.45, 2.75) is 52.9 Å². The molecule has 1 atom stereocenters. The van der Waals surface area contributed by atoms with Crippen LogP contribution in [-0.4, -0.2) is 37.0 Å². The van der Waals surface area contributed by atoms with Gasteiger partial charge in [0.25, 0.3) is 0 Å². The molecule has 2 rings (SSSR count). The number of rotatable bonds is 1. The fraction of sp³-hybridized carbons (Fsp3) is 0.933. The van der Waals surface area contributed by atoms with Gasteiger partial charge in [-0.1, -0.05) is 20.8 Å². The third-order valence-corrected chi connectivity index (χ3v) is 4.26. The van der Waals surface area contributed by atoms with Crippen LogP contribution in [0.5, 0.6) is 0 Å². The molecule has 0 aliphatic carbocycles. The maximum absolute atomic E-state index is 12.3. The van der Waals surface area contributed by atoms with Crippen LogP contribution in [0.4, 0.5) is 0 Å². The quantitative estimate of drug-likeness (QED) is 0.777. The van der Waals surface area contributed by atoms with Gasteiger partial charge >= 0.3 is 0 Å². The lowest BCUT2D eigenvalue weighted by Crippen LogP contribution is -2.52. The molecule has 104 valence electrons. The minimum atomic E-state index is 0.104. The molecule has 1 spiro atoms. The van der Waals surface area contributed by atoms with Gasteiger partial charge in [-0.3, -0.25) is 4.79 Å². The van der Waals surface area contributed by atoms with Crippen molar-refractivity contribution in [3.63, 3.8) is 0 Å². The smallest absolute Gasteiger partial charge is 0.223 e. The topological polar surface area (TPSA) is 32.3 Å². The lowest BCUT2D eigenvalue weighted by Gasteiger charge is -2.45. The summed E-state index contributed by atoms with van der Waals surface area (Å²) in [6, 6.07) is 0. The molecule has 0 aromatic rings. The van der Waals surface area contributed by atoms with Crippen LogP contribution in [0.3, 0.4) is 0 Å². The number of carbonyl (C=O) groups excluding carboxylic acids is 1. The molecular formula is C15H28N2O. The number of piperidine rings is 2. The van der Waals surface area contributed by atoms with Gasteiger partial charge in [0.1, 0.15) is 0 Å². The first-order valence-electron chi connectivity index (χ1n) is 7.39. The molecule has 2 fully saturated rings. The highest BCUT2D eigenvalue weighted by Crippen LogP contribution is 2.36. The molecular weight excluding hydrogens is 224 g/mol. The zero-order chi connectivity index (χ0) is 13.2. The van der Waals surface area contributed by atoms with E-state index in [0.717, 1.165) is 26.2 Å². The van der Waals surface area contributed by atoms with Gasteiger partial charge in [0.05, 0.1) is 0 Å². The minimum Gasteiger partial charge on any atom is -0.342 e. The molecule has 0 aromatic carbocycles. The van der Waals surface area contributed by atoms with Crippen molar-refractivity contribution in [1.29, 1.82) is 0 Å². The number of amides is 1. The van der Waals surface area contributed by atoms with Crippen molar-refractivity contribution < 1.29 is 4.79 Å². The van der Waals surface area contributed by atoms with Crippen LogP contribution < -0.4 is 5.32 Å². The summed E-state index contributed by atoms with van der Waals surface area (Å²) >= 11 is 0. The average Bonchev–Trinajstić information content (AvgIpc) is 2.28. The van der Waals surface area contributed by atoms with Gasteiger partial charge in [-0.2, -0.15) is 0 Å². The summed E-state index contributed by atoms with van der Waals surface area (Å²) in [6.07, 6.45) is 5.70. The molecule has 3 nitrogen and oxygen atoms in total. The van der Waals surface area contributed by atoms with Gasteiger partial charge in [-0.25, -0.2) is 0 Å². The number of nitrogens with zero attached hydrogens (tertiary/aromatic N) is 1. The molecule has 0 radical (unpaired) electrons. The Morgan fingerprint density at radius 1 is 1.28 bits per heavy atom. The second kappa shape index (κ2) is 5.20. The van der Waals surface area contributed by atoms with Crippen LogP contribution in [0.15, 0.2) is 0 Å². The average molecular weight is 252 g/mol. The van der Waals surface area contributed by atoms with E-state index in [1.54, 1.807) is 0 Å². The minimum absolute atomic E-state index is 0.104. The van der Waals surface area contributed by atoms with E-state index in [0.29, 0.717) is 17.7 Å². The van der Waals surface area contributed by atoms with Crippen molar-refractivity contribution >= 4 is 5.91 Å². The van der Waals surface area contributed by atoms with E-state index in [4.69, 9.17) is 0 Å². The Morgan fingerprint density at radius 3 is 2.61 bits per heavy atom. The number of hydrogen-bond donors (Lipinski definition) is 1. The summed E-state index contributed by atoms with van der Waals surface area (Å²) in [5.74, 6) is 0.354. The van der Waals surface area contributed by atoms with Crippen molar-refractivity contribution in [2.75, 3.05) is 26.2 Å². The summed E-state index contributed by atoms with van der Waals surface area (Å²) in [7, 11) is 0. The fourth-order valence-corrected chi connectivity index (χ4v) is 3.36. The van der Waals surface area contributed by atoms with E-state index in [9.17, 15) is 4.79 Å². The molecule has 2 saturated heterocycles. The van der Waals surface area contributed by atoms with E-state index in [1.807, 2.05) is 0 Å². The molecule has 0 aromatic heterocycles. The SMILES string of the molecule is CC(C)(C)CC(=O)N1CCCC2(CCCNC2)C1. The van der Waals surface area contributed by atoms with Crippen LogP contribution in [0, 0.1) is 10.8 Å². The van der Waals surface area contributed by atoms with Crippen molar-refractivity contribution in [3.8, 4) is 0 Å². The molecule has 3 heteroatoms. The molecule has 1 unspecified atom stereocenters. The van der Waals surface area contributed by atoms with Crippen LogP contribution in [0.1, 0.15) is 52.9 Å². The Kier molecular flexibility index (Phi) is 4.00. The molecule has 2 aliphatic heterocycles. The lowest BCUT2D eigenvalue weighted by molar-refractivity contribution is -0.137. The predicted molar refractivity (Wildman–Crippen MR) is 74.4 cm³/mol. The zero-order valence-electron chi connectivity index (χ0n) is 12.2. The molecule has 1 amide bonds. The molecule has 18 heavy (non-hydrogen) atoms. The number of nitrogens with one attached hydrogen (secondary N) is 1. The normalized spacial score (nSPS) is 29.6. The van der Waals surface area contributed by atoms with Gasteiger partial charge in [0.2, 0.25) is 5.91 Å². The lowest BCUT2D eigenvalue weighted by atomic mass is 9.74. The van der Waals surface area contributed by atoms with Crippen LogP contribution in [0.25, 0.3) is 0 Å². The highest BCUT2D eigenvalue weighted by Gasteiger charge is 2.38. The van der Waals surface area contributed by atoms with Gasteiger partial charge < -0.3 is 10.2 Å². The molecule has 2 heterocycles. The van der Waals surface area contributed by atoms with E-state index < -0.39 is 0 Å². The summed E-state index contributed by atoms with van der Waals surface area (Å²) < 4.78 is 0. The Morgan fingerprint density at radius 2 is 2.00 bits per heavy atom. The van der Waals surface area contributed by atoms with Crippen LogP contribution >= 0.6 is 0 Å². The molecule has 2 aliphatic rings. The third kappa shape index (κ3) is 3.47. The highest BCUT2D eigenvalue weighted by molar-refractivity contribution is 5.77.